The normalized spacial score (nSPS) is 11.6. The SMILES string of the molecule is CC(C)(C)Cc1nn(-c2ccncn2)c(N)c1[N+](=O)[O-]. The maximum absolute atomic E-state index is 11.2. The van der Waals surface area contributed by atoms with Crippen molar-refractivity contribution in [3.8, 4) is 5.82 Å². The Morgan fingerprint density at radius 2 is 2.15 bits per heavy atom. The molecule has 2 aromatic heterocycles. The zero-order valence-corrected chi connectivity index (χ0v) is 11.6. The van der Waals surface area contributed by atoms with E-state index in [1.807, 2.05) is 20.8 Å². The molecule has 0 radical (unpaired) electrons. The molecule has 0 saturated carbocycles. The summed E-state index contributed by atoms with van der Waals surface area (Å²) in [6.45, 7) is 5.95. The molecule has 0 spiro atoms. The fourth-order valence-electron chi connectivity index (χ4n) is 1.87. The van der Waals surface area contributed by atoms with Crippen LogP contribution in [-0.4, -0.2) is 24.7 Å². The van der Waals surface area contributed by atoms with Crippen LogP contribution in [0.3, 0.4) is 0 Å². The Bertz CT molecular complexity index is 629. The highest BCUT2D eigenvalue weighted by Gasteiger charge is 2.29. The molecule has 0 aromatic carbocycles. The summed E-state index contributed by atoms with van der Waals surface area (Å²) in [5.41, 5.74) is 5.92. The quantitative estimate of drug-likeness (QED) is 0.674. The largest absolute Gasteiger partial charge is 0.378 e. The van der Waals surface area contributed by atoms with E-state index in [0.717, 1.165) is 0 Å². The zero-order valence-electron chi connectivity index (χ0n) is 11.6. The van der Waals surface area contributed by atoms with Crippen molar-refractivity contribution in [1.82, 2.24) is 19.7 Å². The molecule has 106 valence electrons. The van der Waals surface area contributed by atoms with E-state index in [1.54, 1.807) is 6.07 Å². The van der Waals surface area contributed by atoms with E-state index in [2.05, 4.69) is 15.1 Å². The first-order valence-electron chi connectivity index (χ1n) is 6.08. The van der Waals surface area contributed by atoms with Crippen LogP contribution in [0.1, 0.15) is 26.5 Å². The number of rotatable bonds is 3. The third kappa shape index (κ3) is 2.73. The van der Waals surface area contributed by atoms with Crippen LogP contribution < -0.4 is 5.73 Å². The average molecular weight is 276 g/mol. The summed E-state index contributed by atoms with van der Waals surface area (Å²) in [6, 6.07) is 1.59. The fraction of sp³-hybridized carbons (Fsp3) is 0.417. The van der Waals surface area contributed by atoms with Gasteiger partial charge < -0.3 is 5.73 Å². The van der Waals surface area contributed by atoms with E-state index in [4.69, 9.17) is 5.73 Å². The molecule has 8 heteroatoms. The summed E-state index contributed by atoms with van der Waals surface area (Å²) in [6.07, 6.45) is 3.32. The first kappa shape index (κ1) is 13.9. The van der Waals surface area contributed by atoms with Gasteiger partial charge in [0.1, 0.15) is 12.0 Å². The van der Waals surface area contributed by atoms with Crippen molar-refractivity contribution in [3.63, 3.8) is 0 Å². The van der Waals surface area contributed by atoms with E-state index in [9.17, 15) is 10.1 Å². The highest BCUT2D eigenvalue weighted by atomic mass is 16.6. The first-order chi connectivity index (χ1) is 9.29. The Balaban J connectivity index is 2.56. The van der Waals surface area contributed by atoms with Gasteiger partial charge in [0.15, 0.2) is 5.82 Å². The summed E-state index contributed by atoms with van der Waals surface area (Å²) < 4.78 is 1.28. The predicted molar refractivity (Wildman–Crippen MR) is 73.4 cm³/mol. The molecule has 0 fully saturated rings. The zero-order chi connectivity index (χ0) is 14.9. The second kappa shape index (κ2) is 4.87. The molecule has 0 amide bonds. The third-order valence-corrected chi connectivity index (χ3v) is 2.63. The lowest BCUT2D eigenvalue weighted by atomic mass is 9.90. The van der Waals surface area contributed by atoms with Crippen LogP contribution in [0.4, 0.5) is 11.5 Å². The Morgan fingerprint density at radius 3 is 2.65 bits per heavy atom. The molecular formula is C12H16N6O2. The van der Waals surface area contributed by atoms with Crippen molar-refractivity contribution >= 4 is 11.5 Å². The minimum Gasteiger partial charge on any atom is -0.378 e. The molecule has 0 bridgehead atoms. The Morgan fingerprint density at radius 1 is 1.45 bits per heavy atom. The molecule has 0 aliphatic carbocycles. The number of aromatic nitrogens is 4. The van der Waals surface area contributed by atoms with Crippen molar-refractivity contribution < 1.29 is 4.92 Å². The first-order valence-corrected chi connectivity index (χ1v) is 6.08. The van der Waals surface area contributed by atoms with Crippen LogP contribution in [0, 0.1) is 15.5 Å². The number of anilines is 1. The summed E-state index contributed by atoms with van der Waals surface area (Å²) in [4.78, 5) is 18.5. The lowest BCUT2D eigenvalue weighted by Gasteiger charge is -2.15. The van der Waals surface area contributed by atoms with E-state index in [1.165, 1.54) is 17.2 Å². The van der Waals surface area contributed by atoms with E-state index < -0.39 is 4.92 Å². The van der Waals surface area contributed by atoms with Gasteiger partial charge >= 0.3 is 5.69 Å². The van der Waals surface area contributed by atoms with Gasteiger partial charge in [0.05, 0.1) is 4.92 Å². The molecule has 0 aliphatic rings. The molecule has 0 aliphatic heterocycles. The molecule has 0 atom stereocenters. The van der Waals surface area contributed by atoms with E-state index in [-0.39, 0.29) is 16.9 Å². The van der Waals surface area contributed by atoms with Crippen molar-refractivity contribution in [3.05, 3.63) is 34.4 Å². The third-order valence-electron chi connectivity index (χ3n) is 2.63. The smallest absolute Gasteiger partial charge is 0.334 e. The van der Waals surface area contributed by atoms with Crippen molar-refractivity contribution in [2.24, 2.45) is 5.41 Å². The van der Waals surface area contributed by atoms with E-state index >= 15 is 0 Å². The predicted octanol–water partition coefficient (Wildman–Crippen LogP) is 1.74. The lowest BCUT2D eigenvalue weighted by molar-refractivity contribution is -0.384. The number of nitro groups is 1. The number of hydrogen-bond donors (Lipinski definition) is 1. The van der Waals surface area contributed by atoms with Crippen LogP contribution in [0.5, 0.6) is 0 Å². The lowest BCUT2D eigenvalue weighted by Crippen LogP contribution is -2.11. The number of nitrogens with two attached hydrogens (primary N) is 1. The van der Waals surface area contributed by atoms with Crippen molar-refractivity contribution in [2.45, 2.75) is 27.2 Å². The van der Waals surface area contributed by atoms with Gasteiger partial charge in [-0.1, -0.05) is 20.8 Å². The van der Waals surface area contributed by atoms with Gasteiger partial charge in [0.25, 0.3) is 0 Å². The summed E-state index contributed by atoms with van der Waals surface area (Å²) in [7, 11) is 0. The van der Waals surface area contributed by atoms with Gasteiger partial charge in [-0.3, -0.25) is 10.1 Å². The van der Waals surface area contributed by atoms with Crippen LogP contribution in [-0.2, 0) is 6.42 Å². The highest BCUT2D eigenvalue weighted by Crippen LogP contribution is 2.32. The fourth-order valence-corrected chi connectivity index (χ4v) is 1.87. The van der Waals surface area contributed by atoms with Crippen molar-refractivity contribution in [2.75, 3.05) is 5.73 Å². The maximum atomic E-state index is 11.2. The van der Waals surface area contributed by atoms with Crippen molar-refractivity contribution in [1.29, 1.82) is 0 Å². The van der Waals surface area contributed by atoms with Crippen LogP contribution >= 0.6 is 0 Å². The summed E-state index contributed by atoms with van der Waals surface area (Å²) >= 11 is 0. The standard InChI is InChI=1S/C12H16N6O2/c1-12(2,3)6-8-10(18(19)20)11(13)17(16-8)9-4-5-14-7-15-9/h4-5,7H,6,13H2,1-3H3. The van der Waals surface area contributed by atoms with Gasteiger partial charge in [-0.25, -0.2) is 9.97 Å². The second-order valence-corrected chi connectivity index (χ2v) is 5.65. The van der Waals surface area contributed by atoms with Crippen LogP contribution in [0.2, 0.25) is 0 Å². The molecule has 2 aromatic rings. The molecule has 2 rings (SSSR count). The van der Waals surface area contributed by atoms with Gasteiger partial charge in [-0.2, -0.15) is 9.78 Å². The molecular weight excluding hydrogens is 260 g/mol. The molecule has 8 nitrogen and oxygen atoms in total. The summed E-state index contributed by atoms with van der Waals surface area (Å²) in [5.74, 6) is 0.383. The number of nitrogen functional groups attached to an aromatic ring is 1. The summed E-state index contributed by atoms with van der Waals surface area (Å²) in [5, 5.41) is 15.5. The monoisotopic (exact) mass is 276 g/mol. The average Bonchev–Trinajstić information content (AvgIpc) is 2.65. The molecule has 0 saturated heterocycles. The maximum Gasteiger partial charge on any atom is 0.334 e. The second-order valence-electron chi connectivity index (χ2n) is 5.65. The Hall–Kier alpha value is -2.51. The van der Waals surface area contributed by atoms with Crippen LogP contribution in [0.15, 0.2) is 18.6 Å². The van der Waals surface area contributed by atoms with Gasteiger partial charge in [0, 0.05) is 18.7 Å². The topological polar surface area (TPSA) is 113 Å². The van der Waals surface area contributed by atoms with Gasteiger partial charge in [-0.05, 0) is 5.41 Å². The minimum atomic E-state index is -0.499. The molecule has 2 N–H and O–H groups in total. The number of nitrogens with zero attached hydrogens (tertiary/aromatic N) is 5. The Labute approximate surface area is 115 Å². The minimum absolute atomic E-state index is 0.0204. The highest BCUT2D eigenvalue weighted by molar-refractivity contribution is 5.59. The van der Waals surface area contributed by atoms with Gasteiger partial charge in [0.2, 0.25) is 5.82 Å². The molecule has 2 heterocycles. The van der Waals surface area contributed by atoms with Crippen LogP contribution in [0.25, 0.3) is 5.82 Å². The molecule has 20 heavy (non-hydrogen) atoms. The number of hydrogen-bond acceptors (Lipinski definition) is 6. The van der Waals surface area contributed by atoms with E-state index in [0.29, 0.717) is 17.9 Å². The Kier molecular flexibility index (Phi) is 3.39. The van der Waals surface area contributed by atoms with Gasteiger partial charge in [-0.15, -0.1) is 0 Å². The molecule has 0 unspecified atom stereocenters.